The van der Waals surface area contributed by atoms with E-state index in [1.807, 2.05) is 44.7 Å². The van der Waals surface area contributed by atoms with Gasteiger partial charge in [-0.1, -0.05) is 39.3 Å². The summed E-state index contributed by atoms with van der Waals surface area (Å²) >= 11 is 6.06. The number of carbonyl (C=O) groups is 4. The molecule has 31 heavy (non-hydrogen) atoms. The number of anilines is 1. The van der Waals surface area contributed by atoms with E-state index in [4.69, 9.17) is 11.6 Å². The lowest BCUT2D eigenvalue weighted by atomic mass is 9.51. The highest BCUT2D eigenvalue weighted by atomic mass is 35.5. The molecule has 1 saturated heterocycles. The SMILES string of the molecule is CC1(C)CC(=O)C2(CN(c3ccc(Cl)cc3)CC3(C2)C(=O)CC(C)(C)CC3=O)C(=O)C1. The number of halogens is 1. The summed E-state index contributed by atoms with van der Waals surface area (Å²) in [5, 5.41) is 0.573. The maximum Gasteiger partial charge on any atom is 0.148 e. The molecule has 0 bridgehead atoms. The first kappa shape index (κ1) is 22.2. The van der Waals surface area contributed by atoms with Crippen molar-refractivity contribution in [2.45, 2.75) is 59.8 Å². The van der Waals surface area contributed by atoms with Gasteiger partial charge < -0.3 is 4.90 Å². The Hall–Kier alpha value is -2.01. The van der Waals surface area contributed by atoms with Crippen molar-refractivity contribution in [1.29, 1.82) is 0 Å². The minimum Gasteiger partial charge on any atom is -0.369 e. The van der Waals surface area contributed by atoms with Gasteiger partial charge in [0, 0.05) is 49.5 Å². The lowest BCUT2D eigenvalue weighted by molar-refractivity contribution is -0.159. The van der Waals surface area contributed by atoms with Gasteiger partial charge in [-0.15, -0.1) is 0 Å². The van der Waals surface area contributed by atoms with Crippen LogP contribution >= 0.6 is 11.6 Å². The van der Waals surface area contributed by atoms with Crippen LogP contribution in [0.3, 0.4) is 0 Å². The van der Waals surface area contributed by atoms with Crippen LogP contribution in [0.4, 0.5) is 5.69 Å². The highest BCUT2D eigenvalue weighted by molar-refractivity contribution is 6.30. The van der Waals surface area contributed by atoms with Crippen LogP contribution in [0.2, 0.25) is 5.02 Å². The van der Waals surface area contributed by atoms with Crippen LogP contribution in [0.25, 0.3) is 0 Å². The van der Waals surface area contributed by atoms with E-state index in [9.17, 15) is 19.2 Å². The van der Waals surface area contributed by atoms with Gasteiger partial charge in [-0.25, -0.2) is 0 Å². The molecule has 3 fully saturated rings. The third kappa shape index (κ3) is 3.65. The van der Waals surface area contributed by atoms with Crippen molar-refractivity contribution in [2.24, 2.45) is 21.7 Å². The fourth-order valence-electron chi connectivity index (χ4n) is 5.77. The number of hydrogen-bond acceptors (Lipinski definition) is 5. The molecular formula is C25H30ClNO4. The Bertz CT molecular complexity index is 880. The normalized spacial score (nSPS) is 26.5. The predicted molar refractivity (Wildman–Crippen MR) is 119 cm³/mol. The Morgan fingerprint density at radius 3 is 1.39 bits per heavy atom. The molecule has 4 rings (SSSR count). The molecule has 0 aromatic heterocycles. The molecule has 2 aliphatic carbocycles. The largest absolute Gasteiger partial charge is 0.369 e. The van der Waals surface area contributed by atoms with Crippen LogP contribution in [-0.2, 0) is 19.2 Å². The fraction of sp³-hybridized carbons (Fsp3) is 0.600. The second-order valence-electron chi connectivity index (χ2n) is 11.4. The molecule has 2 saturated carbocycles. The number of piperidine rings is 1. The Labute approximate surface area is 188 Å². The standard InChI is InChI=1S/C25H30ClNO4/c1-22(2)9-18(28)24(19(29)10-22)13-25(20(30)11-23(3,4)12-21(25)31)15-27(14-24)17-7-5-16(26)6-8-17/h5-8H,9-15H2,1-4H3. The average molecular weight is 444 g/mol. The molecule has 1 aromatic rings. The molecule has 2 spiro atoms. The highest BCUT2D eigenvalue weighted by Gasteiger charge is 2.64. The van der Waals surface area contributed by atoms with E-state index in [0.717, 1.165) is 5.69 Å². The minimum absolute atomic E-state index is 0.0194. The lowest BCUT2D eigenvalue weighted by Gasteiger charge is -2.54. The summed E-state index contributed by atoms with van der Waals surface area (Å²) in [5.74, 6) is -0.566. The molecule has 0 atom stereocenters. The number of carbonyl (C=O) groups excluding carboxylic acids is 4. The third-order valence-corrected chi connectivity index (χ3v) is 7.66. The second kappa shape index (κ2) is 6.99. The van der Waals surface area contributed by atoms with Gasteiger partial charge >= 0.3 is 0 Å². The molecule has 0 amide bonds. The molecule has 0 N–H and O–H groups in total. The van der Waals surface area contributed by atoms with Crippen LogP contribution in [0.5, 0.6) is 0 Å². The topological polar surface area (TPSA) is 71.5 Å². The molecule has 3 aliphatic rings. The Morgan fingerprint density at radius 2 is 1.03 bits per heavy atom. The van der Waals surface area contributed by atoms with Crippen LogP contribution in [0.1, 0.15) is 59.8 Å². The van der Waals surface area contributed by atoms with Gasteiger partial charge in [-0.2, -0.15) is 0 Å². The molecule has 166 valence electrons. The Kier molecular flexibility index (Phi) is 5.01. The van der Waals surface area contributed by atoms with Crippen molar-refractivity contribution in [3.05, 3.63) is 29.3 Å². The molecule has 1 aromatic carbocycles. The molecule has 0 unspecified atom stereocenters. The first-order valence-electron chi connectivity index (χ1n) is 10.9. The van der Waals surface area contributed by atoms with E-state index in [-0.39, 0.29) is 68.3 Å². The Morgan fingerprint density at radius 1 is 0.677 bits per heavy atom. The number of benzene rings is 1. The summed E-state index contributed by atoms with van der Waals surface area (Å²) in [5.41, 5.74) is -2.69. The molecular weight excluding hydrogens is 414 g/mol. The molecule has 5 nitrogen and oxygen atoms in total. The van der Waals surface area contributed by atoms with E-state index in [1.165, 1.54) is 0 Å². The number of nitrogens with zero attached hydrogens (tertiary/aromatic N) is 1. The predicted octanol–water partition coefficient (Wildman–Crippen LogP) is 4.44. The molecule has 1 aliphatic heterocycles. The lowest BCUT2D eigenvalue weighted by Crippen LogP contribution is -2.66. The van der Waals surface area contributed by atoms with Crippen molar-refractivity contribution in [3.8, 4) is 0 Å². The van der Waals surface area contributed by atoms with Crippen LogP contribution in [0, 0.1) is 21.7 Å². The zero-order chi connectivity index (χ0) is 22.8. The molecule has 6 heteroatoms. The molecule has 0 radical (unpaired) electrons. The van der Waals surface area contributed by atoms with Crippen LogP contribution in [-0.4, -0.2) is 36.2 Å². The number of rotatable bonds is 1. The van der Waals surface area contributed by atoms with E-state index in [1.54, 1.807) is 12.1 Å². The van der Waals surface area contributed by atoms with Crippen LogP contribution in [0.15, 0.2) is 24.3 Å². The van der Waals surface area contributed by atoms with Crippen molar-refractivity contribution >= 4 is 40.4 Å². The van der Waals surface area contributed by atoms with Gasteiger partial charge in [0.25, 0.3) is 0 Å². The minimum atomic E-state index is -1.32. The number of ketones is 4. The van der Waals surface area contributed by atoms with Crippen LogP contribution < -0.4 is 4.90 Å². The summed E-state index contributed by atoms with van der Waals surface area (Å²) in [6, 6.07) is 7.12. The van der Waals surface area contributed by atoms with E-state index >= 15 is 0 Å². The van der Waals surface area contributed by atoms with Gasteiger partial charge in [0.2, 0.25) is 0 Å². The van der Waals surface area contributed by atoms with Crippen molar-refractivity contribution in [3.63, 3.8) is 0 Å². The average Bonchev–Trinajstić information content (AvgIpc) is 2.64. The van der Waals surface area contributed by atoms with Gasteiger partial charge in [0.1, 0.15) is 34.0 Å². The smallest absolute Gasteiger partial charge is 0.148 e. The van der Waals surface area contributed by atoms with Gasteiger partial charge in [0.15, 0.2) is 0 Å². The molecule has 1 heterocycles. The quantitative estimate of drug-likeness (QED) is 0.600. The van der Waals surface area contributed by atoms with E-state index in [0.29, 0.717) is 5.02 Å². The van der Waals surface area contributed by atoms with Crippen molar-refractivity contribution in [1.82, 2.24) is 0 Å². The Balaban J connectivity index is 1.83. The van der Waals surface area contributed by atoms with E-state index in [2.05, 4.69) is 0 Å². The maximum atomic E-state index is 13.5. The second-order valence-corrected chi connectivity index (χ2v) is 11.8. The zero-order valence-corrected chi connectivity index (χ0v) is 19.5. The van der Waals surface area contributed by atoms with Gasteiger partial charge in [-0.05, 0) is 41.5 Å². The summed E-state index contributed by atoms with van der Waals surface area (Å²) in [7, 11) is 0. The monoisotopic (exact) mass is 443 g/mol. The summed E-state index contributed by atoms with van der Waals surface area (Å²) < 4.78 is 0. The highest BCUT2D eigenvalue weighted by Crippen LogP contribution is 2.54. The number of hydrogen-bond donors (Lipinski definition) is 0. The van der Waals surface area contributed by atoms with Gasteiger partial charge in [-0.3, -0.25) is 19.2 Å². The number of Topliss-reactive ketones (excluding diaryl/α,β-unsaturated/α-hetero) is 4. The summed E-state index contributed by atoms with van der Waals surface area (Å²) in [4.78, 5) is 55.9. The first-order valence-corrected chi connectivity index (χ1v) is 11.3. The van der Waals surface area contributed by atoms with Crippen molar-refractivity contribution in [2.75, 3.05) is 18.0 Å². The van der Waals surface area contributed by atoms with E-state index < -0.39 is 21.7 Å². The summed E-state index contributed by atoms with van der Waals surface area (Å²) in [6.07, 6.45) is 1.12. The third-order valence-electron chi connectivity index (χ3n) is 7.41. The van der Waals surface area contributed by atoms with Crippen molar-refractivity contribution < 1.29 is 19.2 Å². The summed E-state index contributed by atoms with van der Waals surface area (Å²) in [6.45, 7) is 8.09. The fourth-order valence-corrected chi connectivity index (χ4v) is 5.89. The maximum absolute atomic E-state index is 13.5. The zero-order valence-electron chi connectivity index (χ0n) is 18.7. The van der Waals surface area contributed by atoms with Gasteiger partial charge in [0.05, 0.1) is 0 Å². The first-order chi connectivity index (χ1) is 14.3.